The number of sulfonamides is 1. The number of hydrogen-bond donors (Lipinski definition) is 1. The van der Waals surface area contributed by atoms with Crippen LogP contribution in [0, 0.1) is 0 Å². The Balaban J connectivity index is 2.35. The predicted octanol–water partition coefficient (Wildman–Crippen LogP) is 1.43. The molecule has 2 rings (SSSR count). The summed E-state index contributed by atoms with van der Waals surface area (Å²) in [7, 11) is -3.37. The molecule has 1 saturated heterocycles. The first kappa shape index (κ1) is 13.0. The van der Waals surface area contributed by atoms with Crippen molar-refractivity contribution in [2.24, 2.45) is 0 Å². The molecule has 0 aliphatic carbocycles. The van der Waals surface area contributed by atoms with Crippen LogP contribution in [0.15, 0.2) is 33.6 Å². The smallest absolute Gasteiger partial charge is 0.243 e. The van der Waals surface area contributed by atoms with Crippen LogP contribution in [-0.2, 0) is 10.0 Å². The van der Waals surface area contributed by atoms with Crippen molar-refractivity contribution >= 4 is 26.0 Å². The second-order valence-corrected chi connectivity index (χ2v) is 6.93. The molecule has 94 valence electrons. The first-order valence-corrected chi connectivity index (χ1v) is 7.73. The largest absolute Gasteiger partial charge is 0.314 e. The Morgan fingerprint density at radius 2 is 2.24 bits per heavy atom. The Morgan fingerprint density at radius 3 is 2.88 bits per heavy atom. The molecule has 1 aliphatic rings. The van der Waals surface area contributed by atoms with Crippen molar-refractivity contribution < 1.29 is 8.42 Å². The van der Waals surface area contributed by atoms with Gasteiger partial charge in [-0.3, -0.25) is 0 Å². The normalized spacial score (nSPS) is 22.6. The minimum atomic E-state index is -3.37. The maximum absolute atomic E-state index is 12.4. The number of halogens is 1. The Bertz CT molecular complexity index is 504. The summed E-state index contributed by atoms with van der Waals surface area (Å²) in [6.07, 6.45) is 0. The molecule has 0 amide bonds. The molecule has 0 aromatic heterocycles. The molecule has 1 fully saturated rings. The monoisotopic (exact) mass is 318 g/mol. The SMILES string of the molecule is C[C@H]1CNCCN1S(=O)(=O)c1cccc(Br)c1. The second kappa shape index (κ2) is 5.06. The van der Waals surface area contributed by atoms with Crippen LogP contribution >= 0.6 is 15.9 Å². The van der Waals surface area contributed by atoms with E-state index in [1.807, 2.05) is 13.0 Å². The maximum Gasteiger partial charge on any atom is 0.243 e. The first-order chi connectivity index (χ1) is 8.01. The summed E-state index contributed by atoms with van der Waals surface area (Å²) in [5, 5.41) is 3.18. The van der Waals surface area contributed by atoms with Crippen molar-refractivity contribution in [1.29, 1.82) is 0 Å². The molecule has 1 aromatic rings. The van der Waals surface area contributed by atoms with Gasteiger partial charge in [0, 0.05) is 30.1 Å². The molecule has 0 unspecified atom stereocenters. The van der Waals surface area contributed by atoms with Gasteiger partial charge in [-0.25, -0.2) is 8.42 Å². The fourth-order valence-electron chi connectivity index (χ4n) is 1.94. The van der Waals surface area contributed by atoms with Crippen molar-refractivity contribution in [2.75, 3.05) is 19.6 Å². The van der Waals surface area contributed by atoms with Crippen molar-refractivity contribution in [2.45, 2.75) is 17.9 Å². The van der Waals surface area contributed by atoms with E-state index in [1.165, 1.54) is 0 Å². The maximum atomic E-state index is 12.4. The van der Waals surface area contributed by atoms with E-state index in [4.69, 9.17) is 0 Å². The Morgan fingerprint density at radius 1 is 1.47 bits per heavy atom. The molecular weight excluding hydrogens is 304 g/mol. The van der Waals surface area contributed by atoms with E-state index in [1.54, 1.807) is 22.5 Å². The van der Waals surface area contributed by atoms with Gasteiger partial charge in [-0.1, -0.05) is 22.0 Å². The lowest BCUT2D eigenvalue weighted by Crippen LogP contribution is -2.52. The highest BCUT2D eigenvalue weighted by molar-refractivity contribution is 9.10. The lowest BCUT2D eigenvalue weighted by Gasteiger charge is -2.32. The molecule has 1 heterocycles. The predicted molar refractivity (Wildman–Crippen MR) is 70.4 cm³/mol. The Kier molecular flexibility index (Phi) is 3.87. The average Bonchev–Trinajstić information content (AvgIpc) is 2.29. The molecule has 1 N–H and O–H groups in total. The highest BCUT2D eigenvalue weighted by Gasteiger charge is 2.30. The second-order valence-electron chi connectivity index (χ2n) is 4.13. The first-order valence-electron chi connectivity index (χ1n) is 5.50. The molecule has 1 atom stereocenters. The Labute approximate surface area is 110 Å². The van der Waals surface area contributed by atoms with E-state index in [0.29, 0.717) is 24.5 Å². The third-order valence-corrected chi connectivity index (χ3v) is 5.35. The van der Waals surface area contributed by atoms with Gasteiger partial charge < -0.3 is 5.32 Å². The minimum Gasteiger partial charge on any atom is -0.314 e. The van der Waals surface area contributed by atoms with Gasteiger partial charge in [-0.05, 0) is 25.1 Å². The van der Waals surface area contributed by atoms with Gasteiger partial charge in [-0.15, -0.1) is 0 Å². The summed E-state index contributed by atoms with van der Waals surface area (Å²) in [4.78, 5) is 0.348. The van der Waals surface area contributed by atoms with Crippen LogP contribution in [0.25, 0.3) is 0 Å². The highest BCUT2D eigenvalue weighted by atomic mass is 79.9. The van der Waals surface area contributed by atoms with Crippen LogP contribution in [0.3, 0.4) is 0 Å². The zero-order valence-electron chi connectivity index (χ0n) is 9.56. The van der Waals surface area contributed by atoms with Crippen molar-refractivity contribution in [3.63, 3.8) is 0 Å². The summed E-state index contributed by atoms with van der Waals surface area (Å²) < 4.78 is 27.2. The van der Waals surface area contributed by atoms with E-state index < -0.39 is 10.0 Å². The number of hydrogen-bond acceptors (Lipinski definition) is 3. The average molecular weight is 319 g/mol. The molecule has 1 aliphatic heterocycles. The van der Waals surface area contributed by atoms with Crippen LogP contribution in [0.4, 0.5) is 0 Å². The lowest BCUT2D eigenvalue weighted by atomic mass is 10.3. The molecule has 0 saturated carbocycles. The van der Waals surface area contributed by atoms with E-state index in [-0.39, 0.29) is 6.04 Å². The van der Waals surface area contributed by atoms with Gasteiger partial charge in [-0.2, -0.15) is 4.31 Å². The zero-order valence-corrected chi connectivity index (χ0v) is 12.0. The summed E-state index contributed by atoms with van der Waals surface area (Å²) in [6.45, 7) is 3.85. The van der Waals surface area contributed by atoms with Crippen LogP contribution in [0.1, 0.15) is 6.92 Å². The van der Waals surface area contributed by atoms with E-state index >= 15 is 0 Å². The third-order valence-electron chi connectivity index (χ3n) is 2.84. The van der Waals surface area contributed by atoms with Gasteiger partial charge in [0.1, 0.15) is 0 Å². The standard InChI is InChI=1S/C11H15BrN2O2S/c1-9-8-13-5-6-14(9)17(15,16)11-4-2-3-10(12)7-11/h2-4,7,9,13H,5-6,8H2,1H3/t9-/m0/s1. The summed E-state index contributed by atoms with van der Waals surface area (Å²) in [6, 6.07) is 6.83. The lowest BCUT2D eigenvalue weighted by molar-refractivity contribution is 0.284. The van der Waals surface area contributed by atoms with E-state index in [2.05, 4.69) is 21.2 Å². The summed E-state index contributed by atoms with van der Waals surface area (Å²) in [5.74, 6) is 0. The number of piperazine rings is 1. The number of rotatable bonds is 2. The molecule has 1 aromatic carbocycles. The fraction of sp³-hybridized carbons (Fsp3) is 0.455. The molecular formula is C11H15BrN2O2S. The van der Waals surface area contributed by atoms with Gasteiger partial charge in [0.2, 0.25) is 10.0 Å². The highest BCUT2D eigenvalue weighted by Crippen LogP contribution is 2.22. The van der Waals surface area contributed by atoms with E-state index in [0.717, 1.165) is 4.47 Å². The van der Waals surface area contributed by atoms with Gasteiger partial charge >= 0.3 is 0 Å². The van der Waals surface area contributed by atoms with E-state index in [9.17, 15) is 8.42 Å². The van der Waals surface area contributed by atoms with Crippen molar-refractivity contribution in [3.05, 3.63) is 28.7 Å². The minimum absolute atomic E-state index is 0.00673. The Hall–Kier alpha value is -0.430. The fourth-order valence-corrected chi connectivity index (χ4v) is 4.17. The summed E-state index contributed by atoms with van der Waals surface area (Å²) in [5.41, 5.74) is 0. The molecule has 0 radical (unpaired) electrons. The molecule has 4 nitrogen and oxygen atoms in total. The zero-order chi connectivity index (χ0) is 12.5. The van der Waals surface area contributed by atoms with Crippen LogP contribution in [0.2, 0.25) is 0 Å². The van der Waals surface area contributed by atoms with Crippen LogP contribution < -0.4 is 5.32 Å². The third kappa shape index (κ3) is 2.70. The van der Waals surface area contributed by atoms with Crippen molar-refractivity contribution in [3.8, 4) is 0 Å². The number of benzene rings is 1. The number of nitrogens with one attached hydrogen (secondary N) is 1. The molecule has 17 heavy (non-hydrogen) atoms. The molecule has 6 heteroatoms. The van der Waals surface area contributed by atoms with Crippen molar-refractivity contribution in [1.82, 2.24) is 9.62 Å². The van der Waals surface area contributed by atoms with Crippen LogP contribution in [-0.4, -0.2) is 38.4 Å². The van der Waals surface area contributed by atoms with Crippen LogP contribution in [0.5, 0.6) is 0 Å². The topological polar surface area (TPSA) is 49.4 Å². The van der Waals surface area contributed by atoms with Gasteiger partial charge in [0.15, 0.2) is 0 Å². The number of nitrogens with zero attached hydrogens (tertiary/aromatic N) is 1. The quantitative estimate of drug-likeness (QED) is 0.897. The molecule has 0 bridgehead atoms. The van der Waals surface area contributed by atoms with Gasteiger partial charge in [0.25, 0.3) is 0 Å². The van der Waals surface area contributed by atoms with Gasteiger partial charge in [0.05, 0.1) is 4.90 Å². The molecule has 0 spiro atoms. The summed E-state index contributed by atoms with van der Waals surface area (Å²) >= 11 is 3.30.